The minimum Gasteiger partial charge on any atom is -0.383 e. The van der Waals surface area contributed by atoms with Crippen molar-refractivity contribution in [3.05, 3.63) is 29.5 Å². The molecule has 3 aromatic rings. The molecule has 1 N–H and O–H groups in total. The molecule has 4 rings (SSSR count). The van der Waals surface area contributed by atoms with Crippen molar-refractivity contribution in [2.45, 2.75) is 32.8 Å². The molecule has 1 unspecified atom stereocenters. The highest BCUT2D eigenvalue weighted by atomic mass is 16.5. The van der Waals surface area contributed by atoms with E-state index in [9.17, 15) is 5.11 Å². The van der Waals surface area contributed by atoms with Crippen molar-refractivity contribution in [1.82, 2.24) is 24.7 Å². The zero-order chi connectivity index (χ0) is 14.6. The van der Waals surface area contributed by atoms with E-state index in [4.69, 9.17) is 4.52 Å². The van der Waals surface area contributed by atoms with Gasteiger partial charge in [-0.15, -0.1) is 0 Å². The van der Waals surface area contributed by atoms with Gasteiger partial charge in [-0.2, -0.15) is 10.1 Å². The van der Waals surface area contributed by atoms with Crippen LogP contribution in [0.3, 0.4) is 0 Å². The highest BCUT2D eigenvalue weighted by Gasteiger charge is 2.34. The van der Waals surface area contributed by atoms with Crippen LogP contribution in [0.1, 0.15) is 36.2 Å². The molecule has 0 bridgehead atoms. The van der Waals surface area contributed by atoms with E-state index in [1.807, 2.05) is 19.9 Å². The molecule has 0 aromatic carbocycles. The van der Waals surface area contributed by atoms with Gasteiger partial charge in [0, 0.05) is 11.4 Å². The first-order chi connectivity index (χ1) is 10.1. The number of aliphatic hydroxyl groups excluding tert-OH is 1. The second-order valence-corrected chi connectivity index (χ2v) is 5.57. The van der Waals surface area contributed by atoms with Crippen LogP contribution in [0.15, 0.2) is 16.8 Å². The molecular formula is C14H15N5O2. The lowest BCUT2D eigenvalue weighted by Crippen LogP contribution is -1.99. The summed E-state index contributed by atoms with van der Waals surface area (Å²) in [5.41, 5.74) is 3.30. The maximum absolute atomic E-state index is 10.0. The number of hydrogen-bond donors (Lipinski definition) is 1. The van der Waals surface area contributed by atoms with Gasteiger partial charge in [-0.05, 0) is 38.7 Å². The summed E-state index contributed by atoms with van der Waals surface area (Å²) in [7, 11) is 0. The van der Waals surface area contributed by atoms with Gasteiger partial charge in [0.05, 0.1) is 11.8 Å². The number of aromatic nitrogens is 5. The molecule has 0 saturated heterocycles. The van der Waals surface area contributed by atoms with Crippen molar-refractivity contribution in [2.75, 3.05) is 0 Å². The maximum atomic E-state index is 10.0. The fourth-order valence-electron chi connectivity index (χ4n) is 2.51. The third-order valence-electron chi connectivity index (χ3n) is 3.78. The quantitative estimate of drug-likeness (QED) is 0.789. The lowest BCUT2D eigenvalue weighted by Gasteiger charge is -2.01. The molecule has 7 heteroatoms. The van der Waals surface area contributed by atoms with Crippen LogP contribution in [0.5, 0.6) is 0 Å². The molecule has 1 aliphatic rings. The summed E-state index contributed by atoms with van der Waals surface area (Å²) in [5.74, 6) is 0.943. The van der Waals surface area contributed by atoms with E-state index in [0.29, 0.717) is 17.0 Å². The van der Waals surface area contributed by atoms with Crippen LogP contribution in [-0.2, 0) is 0 Å². The molecule has 7 nitrogen and oxygen atoms in total. The van der Waals surface area contributed by atoms with E-state index in [1.54, 1.807) is 10.7 Å². The predicted molar refractivity (Wildman–Crippen MR) is 73.4 cm³/mol. The first-order valence-electron chi connectivity index (χ1n) is 6.97. The molecule has 1 saturated carbocycles. The van der Waals surface area contributed by atoms with E-state index in [-0.39, 0.29) is 11.8 Å². The summed E-state index contributed by atoms with van der Waals surface area (Å²) < 4.78 is 6.93. The summed E-state index contributed by atoms with van der Waals surface area (Å²) in [6.07, 6.45) is 3.03. The van der Waals surface area contributed by atoms with Crippen LogP contribution in [-0.4, -0.2) is 29.8 Å². The Kier molecular flexibility index (Phi) is 2.58. The van der Waals surface area contributed by atoms with E-state index >= 15 is 0 Å². The summed E-state index contributed by atoms with van der Waals surface area (Å²) >= 11 is 0. The molecule has 3 aromatic heterocycles. The zero-order valence-corrected chi connectivity index (χ0v) is 11.8. The van der Waals surface area contributed by atoms with Crippen LogP contribution in [0.2, 0.25) is 0 Å². The van der Waals surface area contributed by atoms with Gasteiger partial charge in [0.2, 0.25) is 5.82 Å². The molecule has 1 atom stereocenters. The van der Waals surface area contributed by atoms with E-state index in [1.165, 1.54) is 0 Å². The number of nitrogens with zero attached hydrogens (tertiary/aromatic N) is 5. The summed E-state index contributed by atoms with van der Waals surface area (Å²) in [6.45, 7) is 3.90. The standard InChI is InChI=1S/C14H15N5O2/c1-7-5-8(2)19-13(16-7)10(6-15-19)12-17-14(21-18-12)11(20)9-3-4-9/h5-6,9,11,20H,3-4H2,1-2H3. The van der Waals surface area contributed by atoms with Crippen molar-refractivity contribution in [1.29, 1.82) is 0 Å². The number of fused-ring (bicyclic) bond motifs is 1. The summed E-state index contributed by atoms with van der Waals surface area (Å²) in [5, 5.41) is 18.3. The SMILES string of the molecule is Cc1cc(C)n2ncc(-c3noc(C(O)C4CC4)n3)c2n1. The predicted octanol–water partition coefficient (Wildman–Crippen LogP) is 1.84. The van der Waals surface area contributed by atoms with Gasteiger partial charge in [0.1, 0.15) is 6.10 Å². The van der Waals surface area contributed by atoms with Crippen LogP contribution >= 0.6 is 0 Å². The summed E-state index contributed by atoms with van der Waals surface area (Å²) in [4.78, 5) is 8.79. The molecular weight excluding hydrogens is 270 g/mol. The molecule has 0 aliphatic heterocycles. The molecule has 21 heavy (non-hydrogen) atoms. The van der Waals surface area contributed by atoms with E-state index < -0.39 is 6.10 Å². The third-order valence-corrected chi connectivity index (χ3v) is 3.78. The van der Waals surface area contributed by atoms with Crippen molar-refractivity contribution >= 4 is 5.65 Å². The zero-order valence-electron chi connectivity index (χ0n) is 11.8. The van der Waals surface area contributed by atoms with Gasteiger partial charge < -0.3 is 9.63 Å². The average molecular weight is 285 g/mol. The Morgan fingerprint density at radius 1 is 1.33 bits per heavy atom. The van der Waals surface area contributed by atoms with Crippen molar-refractivity contribution in [2.24, 2.45) is 5.92 Å². The van der Waals surface area contributed by atoms with Crippen LogP contribution < -0.4 is 0 Å². The Labute approximate surface area is 120 Å². The van der Waals surface area contributed by atoms with Crippen LogP contribution in [0, 0.1) is 19.8 Å². The van der Waals surface area contributed by atoms with Gasteiger partial charge in [-0.3, -0.25) is 0 Å². The van der Waals surface area contributed by atoms with E-state index in [0.717, 1.165) is 24.2 Å². The fraction of sp³-hybridized carbons (Fsp3) is 0.429. The summed E-state index contributed by atoms with van der Waals surface area (Å²) in [6, 6.07) is 1.96. The minimum absolute atomic E-state index is 0.254. The lowest BCUT2D eigenvalue weighted by atomic mass is 10.2. The average Bonchev–Trinajstić information content (AvgIpc) is 3.02. The molecule has 3 heterocycles. The van der Waals surface area contributed by atoms with E-state index in [2.05, 4.69) is 20.2 Å². The first-order valence-corrected chi connectivity index (χ1v) is 6.97. The minimum atomic E-state index is -0.662. The highest BCUT2D eigenvalue weighted by molar-refractivity contribution is 5.72. The van der Waals surface area contributed by atoms with Gasteiger partial charge in [0.25, 0.3) is 5.89 Å². The Hall–Kier alpha value is -2.28. The molecule has 0 radical (unpaired) electrons. The lowest BCUT2D eigenvalue weighted by molar-refractivity contribution is 0.112. The van der Waals surface area contributed by atoms with Gasteiger partial charge in [-0.25, -0.2) is 9.50 Å². The van der Waals surface area contributed by atoms with Gasteiger partial charge >= 0.3 is 0 Å². The third kappa shape index (κ3) is 2.01. The van der Waals surface area contributed by atoms with Gasteiger partial charge in [-0.1, -0.05) is 5.16 Å². The highest BCUT2D eigenvalue weighted by Crippen LogP contribution is 2.40. The number of rotatable bonds is 3. The largest absolute Gasteiger partial charge is 0.383 e. The smallest absolute Gasteiger partial charge is 0.256 e. The number of hydrogen-bond acceptors (Lipinski definition) is 6. The normalized spacial score (nSPS) is 16.5. The maximum Gasteiger partial charge on any atom is 0.256 e. The molecule has 1 fully saturated rings. The topological polar surface area (TPSA) is 89.3 Å². The fourth-order valence-corrected chi connectivity index (χ4v) is 2.51. The number of aliphatic hydroxyl groups is 1. The van der Waals surface area contributed by atoms with Gasteiger partial charge in [0.15, 0.2) is 5.65 Å². The monoisotopic (exact) mass is 285 g/mol. The van der Waals surface area contributed by atoms with Crippen molar-refractivity contribution in [3.63, 3.8) is 0 Å². The molecule has 1 aliphatic carbocycles. The molecule has 0 spiro atoms. The molecule has 108 valence electrons. The Morgan fingerprint density at radius 2 is 2.14 bits per heavy atom. The molecule has 0 amide bonds. The van der Waals surface area contributed by atoms with Crippen LogP contribution in [0.4, 0.5) is 0 Å². The van der Waals surface area contributed by atoms with Crippen molar-refractivity contribution < 1.29 is 9.63 Å². The Balaban J connectivity index is 1.79. The second kappa shape index (κ2) is 4.36. The van der Waals surface area contributed by atoms with Crippen molar-refractivity contribution in [3.8, 4) is 11.4 Å². The Morgan fingerprint density at radius 3 is 2.90 bits per heavy atom. The Bertz CT molecular complexity index is 818. The van der Waals surface area contributed by atoms with Crippen LogP contribution in [0.25, 0.3) is 17.0 Å². The first kappa shape index (κ1) is 12.5. The second-order valence-electron chi connectivity index (χ2n) is 5.57. The number of aryl methyl sites for hydroxylation is 2.